The van der Waals surface area contributed by atoms with Gasteiger partial charge in [-0.25, -0.2) is 4.39 Å². The third kappa shape index (κ3) is 4.42. The van der Waals surface area contributed by atoms with Gasteiger partial charge in [0.25, 0.3) is 0 Å². The van der Waals surface area contributed by atoms with Gasteiger partial charge in [-0.05, 0) is 86.2 Å². The Labute approximate surface area is 258 Å². The number of likely N-dealkylation sites (N-methyl/N-ethyl adjacent to an activating group) is 1. The molecule has 0 unspecified atom stereocenters. The molecule has 2 saturated carbocycles. The van der Waals surface area contributed by atoms with Gasteiger partial charge in [-0.2, -0.15) is 0 Å². The maximum absolute atomic E-state index is 16.2. The first-order valence-corrected chi connectivity index (χ1v) is 16.5. The van der Waals surface area contributed by atoms with E-state index in [4.69, 9.17) is 23.2 Å². The molecule has 0 bridgehead atoms. The van der Waals surface area contributed by atoms with E-state index in [1.165, 1.54) is 6.07 Å². The number of benzene rings is 2. The first-order chi connectivity index (χ1) is 20.2. The van der Waals surface area contributed by atoms with Crippen LogP contribution in [0.1, 0.15) is 95.6 Å². The third-order valence-corrected chi connectivity index (χ3v) is 11.6. The summed E-state index contributed by atoms with van der Waals surface area (Å²) in [6.45, 7) is 7.16. The normalized spacial score (nSPS) is 30.6. The molecule has 6 rings (SSSR count). The van der Waals surface area contributed by atoms with Crippen molar-refractivity contribution < 1.29 is 14.0 Å². The quantitative estimate of drug-likeness (QED) is 0.361. The van der Waals surface area contributed by atoms with Crippen molar-refractivity contribution in [2.24, 2.45) is 11.8 Å². The number of fused-ring (bicyclic) bond motifs is 3. The molecule has 2 amide bonds. The van der Waals surface area contributed by atoms with E-state index in [9.17, 15) is 9.59 Å². The van der Waals surface area contributed by atoms with Crippen molar-refractivity contribution in [2.45, 2.75) is 108 Å². The Morgan fingerprint density at radius 2 is 1.81 bits per heavy atom. The Morgan fingerprint density at radius 3 is 2.48 bits per heavy atom. The highest BCUT2D eigenvalue weighted by molar-refractivity contribution is 6.31. The lowest BCUT2D eigenvalue weighted by Gasteiger charge is -2.50. The van der Waals surface area contributed by atoms with Crippen LogP contribution in [0.25, 0.3) is 0 Å². The van der Waals surface area contributed by atoms with E-state index in [0.717, 1.165) is 63.4 Å². The molecule has 2 heterocycles. The number of hydrogen-bond acceptors (Lipinski definition) is 3. The summed E-state index contributed by atoms with van der Waals surface area (Å²) in [6, 6.07) is 9.81. The monoisotopic (exact) mass is 613 g/mol. The Morgan fingerprint density at radius 1 is 1.10 bits per heavy atom. The highest BCUT2D eigenvalue weighted by Crippen LogP contribution is 2.66. The Kier molecular flexibility index (Phi) is 8.12. The molecule has 2 spiro atoms. The van der Waals surface area contributed by atoms with Crippen LogP contribution >= 0.6 is 23.2 Å². The number of nitrogens with one attached hydrogen (secondary N) is 2. The number of likely N-dealkylation sites (tertiary alicyclic amines) is 1. The molecule has 3 fully saturated rings. The Bertz CT molecular complexity index is 1370. The van der Waals surface area contributed by atoms with Crippen LogP contribution in [0, 0.1) is 17.7 Å². The van der Waals surface area contributed by atoms with Crippen molar-refractivity contribution in [2.75, 3.05) is 11.9 Å². The minimum Gasteiger partial charge on any atom is -0.352 e. The molecule has 2 aliphatic heterocycles. The van der Waals surface area contributed by atoms with Gasteiger partial charge in [0.15, 0.2) is 0 Å². The highest BCUT2D eigenvalue weighted by Gasteiger charge is 2.75. The second-order valence-corrected chi connectivity index (χ2v) is 14.1. The summed E-state index contributed by atoms with van der Waals surface area (Å²) >= 11 is 12.8. The number of carbonyl (C=O) groups excluding carboxylic acids is 2. The average molecular weight is 615 g/mol. The van der Waals surface area contributed by atoms with Gasteiger partial charge in [0.1, 0.15) is 11.2 Å². The summed E-state index contributed by atoms with van der Waals surface area (Å²) < 4.78 is 16.2. The number of anilines is 1. The summed E-state index contributed by atoms with van der Waals surface area (Å²) in [5.41, 5.74) is -0.0834. The van der Waals surface area contributed by atoms with Crippen molar-refractivity contribution in [1.82, 2.24) is 10.2 Å². The van der Waals surface area contributed by atoms with Gasteiger partial charge in [0.05, 0.1) is 11.1 Å². The molecule has 5 nitrogen and oxygen atoms in total. The van der Waals surface area contributed by atoms with Gasteiger partial charge >= 0.3 is 0 Å². The smallest absolute Gasteiger partial charge is 0.238 e. The molecule has 42 heavy (non-hydrogen) atoms. The van der Waals surface area contributed by atoms with Crippen LogP contribution < -0.4 is 10.6 Å². The summed E-state index contributed by atoms with van der Waals surface area (Å²) in [4.78, 5) is 31.6. The number of carbonyl (C=O) groups is 2. The molecule has 8 heteroatoms. The molecule has 4 aliphatic rings. The fourth-order valence-electron chi connectivity index (χ4n) is 9.27. The van der Waals surface area contributed by atoms with E-state index in [1.54, 1.807) is 24.3 Å². The van der Waals surface area contributed by atoms with E-state index < -0.39 is 28.7 Å². The summed E-state index contributed by atoms with van der Waals surface area (Å²) in [7, 11) is 0. The zero-order valence-electron chi connectivity index (χ0n) is 24.8. The molecule has 3 atom stereocenters. The molecule has 2 N–H and O–H groups in total. The first-order valence-electron chi connectivity index (χ1n) is 15.8. The summed E-state index contributed by atoms with van der Waals surface area (Å²) in [6.07, 6.45) is 8.47. The first kappa shape index (κ1) is 29.9. The van der Waals surface area contributed by atoms with Crippen LogP contribution in [-0.4, -0.2) is 40.9 Å². The maximum Gasteiger partial charge on any atom is 0.238 e. The molecule has 0 radical (unpaired) electrons. The average Bonchev–Trinajstić information content (AvgIpc) is 3.39. The van der Waals surface area contributed by atoms with Crippen LogP contribution in [0.3, 0.4) is 0 Å². The van der Waals surface area contributed by atoms with Gasteiger partial charge in [-0.15, -0.1) is 0 Å². The van der Waals surface area contributed by atoms with E-state index in [1.807, 2.05) is 6.07 Å². The Hall–Kier alpha value is -2.15. The van der Waals surface area contributed by atoms with Gasteiger partial charge in [-0.1, -0.05) is 81.4 Å². The second-order valence-electron chi connectivity index (χ2n) is 13.3. The van der Waals surface area contributed by atoms with Crippen molar-refractivity contribution in [3.05, 3.63) is 63.4 Å². The Balaban J connectivity index is 1.54. The lowest BCUT2D eigenvalue weighted by atomic mass is 9.55. The van der Waals surface area contributed by atoms with Gasteiger partial charge in [-0.3, -0.25) is 14.5 Å². The molecule has 2 aliphatic carbocycles. The predicted molar refractivity (Wildman–Crippen MR) is 167 cm³/mol. The zero-order valence-corrected chi connectivity index (χ0v) is 26.3. The predicted octanol–water partition coefficient (Wildman–Crippen LogP) is 7.84. The zero-order chi connectivity index (χ0) is 29.8. The van der Waals surface area contributed by atoms with Gasteiger partial charge in [0.2, 0.25) is 11.8 Å². The summed E-state index contributed by atoms with van der Waals surface area (Å²) in [5.74, 6) is -0.336. The minimum absolute atomic E-state index is 0.00352. The van der Waals surface area contributed by atoms with Crippen LogP contribution in [0.5, 0.6) is 0 Å². The number of hydrogen-bond donors (Lipinski definition) is 2. The standard InChI is InChI=1S/C34H42Cl2FN3O2/c1-4-40-30(31(41)38-23-14-11-21(12-15-23)20(2)3)28(24-9-8-10-26(36)29(24)37)34(33(40)17-6-5-7-18-33)25-16-13-22(35)19-27(25)39-32(34)42/h8-10,13,16,19-21,23,28,30H,4-7,11-12,14-15,17-18H2,1-3H3,(H,38,41)(H,39,42)/t21?,23?,28-,30+,34+/m0/s1. The molecule has 0 aromatic heterocycles. The molecule has 2 aromatic carbocycles. The minimum atomic E-state index is -1.19. The largest absolute Gasteiger partial charge is 0.352 e. The molecule has 2 aromatic rings. The van der Waals surface area contributed by atoms with E-state index in [-0.39, 0.29) is 22.9 Å². The van der Waals surface area contributed by atoms with Gasteiger partial charge < -0.3 is 10.6 Å². The van der Waals surface area contributed by atoms with E-state index in [2.05, 4.69) is 36.3 Å². The van der Waals surface area contributed by atoms with Crippen molar-refractivity contribution in [3.8, 4) is 0 Å². The fourth-order valence-corrected chi connectivity index (χ4v) is 9.62. The van der Waals surface area contributed by atoms with E-state index >= 15 is 4.39 Å². The van der Waals surface area contributed by atoms with Crippen molar-refractivity contribution in [1.29, 1.82) is 0 Å². The van der Waals surface area contributed by atoms with Crippen molar-refractivity contribution in [3.63, 3.8) is 0 Å². The molecular formula is C34H42Cl2FN3O2. The molecular weight excluding hydrogens is 572 g/mol. The van der Waals surface area contributed by atoms with Crippen LogP contribution in [0.2, 0.25) is 10.0 Å². The number of rotatable bonds is 5. The van der Waals surface area contributed by atoms with Crippen LogP contribution in [-0.2, 0) is 15.0 Å². The number of nitrogens with zero attached hydrogens (tertiary/aromatic N) is 1. The van der Waals surface area contributed by atoms with Gasteiger partial charge in [0, 0.05) is 28.2 Å². The second kappa shape index (κ2) is 11.4. The van der Waals surface area contributed by atoms with Crippen molar-refractivity contribution >= 4 is 40.7 Å². The maximum atomic E-state index is 16.2. The van der Waals surface area contributed by atoms with E-state index in [0.29, 0.717) is 34.7 Å². The lowest BCUT2D eigenvalue weighted by Crippen LogP contribution is -2.61. The highest BCUT2D eigenvalue weighted by atomic mass is 35.5. The summed E-state index contributed by atoms with van der Waals surface area (Å²) in [5, 5.41) is 7.06. The fraction of sp³-hybridized carbons (Fsp3) is 0.588. The molecule has 226 valence electrons. The SMILES string of the molecule is CCN1[C@@H](C(=O)NC2CCC(C(C)C)CC2)[C@H](c2cccc(Cl)c2F)[C@]2(C(=O)Nc3cc(Cl)ccc32)C12CCCCC2. The number of halogens is 3. The topological polar surface area (TPSA) is 61.4 Å². The number of amides is 2. The lowest BCUT2D eigenvalue weighted by molar-refractivity contribution is -0.129. The molecule has 1 saturated heterocycles. The van der Waals surface area contributed by atoms with Crippen LogP contribution in [0.15, 0.2) is 36.4 Å². The van der Waals surface area contributed by atoms with Crippen LogP contribution in [0.4, 0.5) is 10.1 Å². The third-order valence-electron chi connectivity index (χ3n) is 11.1.